The summed E-state index contributed by atoms with van der Waals surface area (Å²) < 4.78 is 5.78. The number of hydrogen-bond donors (Lipinski definition) is 1. The molecule has 1 saturated heterocycles. The van der Waals surface area contributed by atoms with Gasteiger partial charge in [0.2, 0.25) is 0 Å². The first-order valence-corrected chi connectivity index (χ1v) is 12.1. The van der Waals surface area contributed by atoms with Crippen LogP contribution in [0.3, 0.4) is 0 Å². The average molecular weight is 416 g/mol. The van der Waals surface area contributed by atoms with Gasteiger partial charge < -0.3 is 14.7 Å². The van der Waals surface area contributed by atoms with E-state index in [9.17, 15) is 14.7 Å². The van der Waals surface area contributed by atoms with Gasteiger partial charge in [0.25, 0.3) is 0 Å². The molecule has 3 saturated carbocycles. The molecule has 5 rings (SSSR count). The molecule has 4 fully saturated rings. The minimum absolute atomic E-state index is 0.00154. The average Bonchev–Trinajstić information content (AvgIpc) is 2.88. The fourth-order valence-electron chi connectivity index (χ4n) is 7.83. The molecule has 0 aromatic carbocycles. The highest BCUT2D eigenvalue weighted by molar-refractivity contribution is 5.94. The Labute approximate surface area is 180 Å². The summed E-state index contributed by atoms with van der Waals surface area (Å²) in [6.07, 6.45) is 9.49. The number of allylic oxidation sites excluding steroid dienone is 1. The highest BCUT2D eigenvalue weighted by Gasteiger charge is 2.64. The van der Waals surface area contributed by atoms with Crippen molar-refractivity contribution in [3.05, 3.63) is 11.6 Å². The first-order chi connectivity index (χ1) is 14.1. The Hall–Kier alpha value is -1.36. The summed E-state index contributed by atoms with van der Waals surface area (Å²) in [7, 11) is 0. The number of rotatable bonds is 0. The predicted octanol–water partition coefficient (Wildman–Crippen LogP) is 4.48. The summed E-state index contributed by atoms with van der Waals surface area (Å²) in [6, 6.07) is 0.110. The van der Waals surface area contributed by atoms with Gasteiger partial charge in [0.15, 0.2) is 5.78 Å². The summed E-state index contributed by atoms with van der Waals surface area (Å²) in [6.45, 7) is 7.82. The van der Waals surface area contributed by atoms with Gasteiger partial charge in [0.1, 0.15) is 5.60 Å². The lowest BCUT2D eigenvalue weighted by molar-refractivity contribution is -0.123. The van der Waals surface area contributed by atoms with Gasteiger partial charge in [-0.3, -0.25) is 4.79 Å². The molecular weight excluding hydrogens is 378 g/mol. The van der Waals surface area contributed by atoms with Crippen LogP contribution in [0.2, 0.25) is 0 Å². The van der Waals surface area contributed by atoms with Crippen molar-refractivity contribution in [2.24, 2.45) is 29.6 Å². The first-order valence-electron chi connectivity index (χ1n) is 12.1. The normalized spacial score (nSPS) is 45.2. The number of aliphatic hydroxyl groups is 1. The molecule has 2 bridgehead atoms. The lowest BCUT2D eigenvalue weighted by atomic mass is 9.63. The fraction of sp³-hybridized carbons (Fsp3) is 0.840. The second-order valence-electron chi connectivity index (χ2n) is 11.7. The number of piperidine rings is 1. The number of ketones is 1. The second kappa shape index (κ2) is 6.82. The number of nitrogens with zero attached hydrogens (tertiary/aromatic N) is 1. The van der Waals surface area contributed by atoms with Gasteiger partial charge in [-0.15, -0.1) is 0 Å². The molecule has 1 heterocycles. The Balaban J connectivity index is 1.51. The van der Waals surface area contributed by atoms with Gasteiger partial charge in [-0.25, -0.2) is 4.79 Å². The highest BCUT2D eigenvalue weighted by atomic mass is 16.6. The van der Waals surface area contributed by atoms with Crippen LogP contribution >= 0.6 is 0 Å². The quantitative estimate of drug-likeness (QED) is 0.634. The Morgan fingerprint density at radius 3 is 2.67 bits per heavy atom. The number of ether oxygens (including phenoxy) is 1. The van der Waals surface area contributed by atoms with Crippen molar-refractivity contribution in [1.82, 2.24) is 4.90 Å². The number of carbonyl (C=O) groups is 2. The zero-order valence-corrected chi connectivity index (χ0v) is 18.9. The van der Waals surface area contributed by atoms with Gasteiger partial charge in [0, 0.05) is 23.9 Å². The van der Waals surface area contributed by atoms with E-state index >= 15 is 0 Å². The van der Waals surface area contributed by atoms with Gasteiger partial charge >= 0.3 is 6.09 Å². The molecule has 0 unspecified atom stereocenters. The van der Waals surface area contributed by atoms with Gasteiger partial charge in [0.05, 0.1) is 5.60 Å². The number of fused-ring (bicyclic) bond motifs is 9. The molecule has 0 spiro atoms. The zero-order chi connectivity index (χ0) is 21.4. The third-order valence-corrected chi connectivity index (χ3v) is 8.84. The standard InChI is InChI=1S/C25H37NO4/c1-14-9-10-18-20(26(14)23(28)30-24(2,3)4)11-15-13-25(18,29)19-12-21(27)16-7-5-6-8-17(16)22(15)19/h12,14-18,20,22,29H,5-11,13H2,1-4H3/t14-,15-,16+,17+,18+,20+,22-,25+/m0/s1. The predicted molar refractivity (Wildman–Crippen MR) is 114 cm³/mol. The maximum Gasteiger partial charge on any atom is 0.410 e. The molecule has 30 heavy (non-hydrogen) atoms. The molecule has 4 aliphatic carbocycles. The summed E-state index contributed by atoms with van der Waals surface area (Å²) in [5.74, 6) is 1.46. The van der Waals surface area contributed by atoms with Crippen molar-refractivity contribution in [2.75, 3.05) is 0 Å². The maximum atomic E-state index is 13.2. The van der Waals surface area contributed by atoms with Crippen LogP contribution in [-0.2, 0) is 9.53 Å². The molecule has 8 atom stereocenters. The van der Waals surface area contributed by atoms with Gasteiger partial charge in [-0.2, -0.15) is 0 Å². The van der Waals surface area contributed by atoms with Crippen molar-refractivity contribution in [3.63, 3.8) is 0 Å². The van der Waals surface area contributed by atoms with Crippen LogP contribution < -0.4 is 0 Å². The highest BCUT2D eigenvalue weighted by Crippen LogP contribution is 2.63. The molecule has 5 heteroatoms. The molecule has 1 amide bonds. The topological polar surface area (TPSA) is 66.8 Å². The zero-order valence-electron chi connectivity index (χ0n) is 18.9. The Morgan fingerprint density at radius 2 is 1.93 bits per heavy atom. The van der Waals surface area contributed by atoms with Gasteiger partial charge in [-0.05, 0) is 95.6 Å². The smallest absolute Gasteiger partial charge is 0.410 e. The number of hydrogen-bond acceptors (Lipinski definition) is 4. The van der Waals surface area contributed by atoms with E-state index in [1.807, 2.05) is 31.7 Å². The largest absolute Gasteiger partial charge is 0.444 e. The second-order valence-corrected chi connectivity index (χ2v) is 11.7. The summed E-state index contributed by atoms with van der Waals surface area (Å²) in [5.41, 5.74) is -0.449. The van der Waals surface area contributed by atoms with Crippen LogP contribution in [0.5, 0.6) is 0 Å². The van der Waals surface area contributed by atoms with E-state index < -0.39 is 11.2 Å². The van der Waals surface area contributed by atoms with Crippen LogP contribution in [0.1, 0.15) is 79.1 Å². The number of carbonyl (C=O) groups excluding carboxylic acids is 2. The molecule has 166 valence electrons. The van der Waals surface area contributed by atoms with E-state index in [1.165, 1.54) is 6.42 Å². The number of amides is 1. The first kappa shape index (κ1) is 20.5. The van der Waals surface area contributed by atoms with Crippen molar-refractivity contribution in [3.8, 4) is 0 Å². The fourth-order valence-corrected chi connectivity index (χ4v) is 7.83. The van der Waals surface area contributed by atoms with E-state index in [4.69, 9.17) is 4.74 Å². The molecule has 5 aliphatic rings. The minimum Gasteiger partial charge on any atom is -0.444 e. The third kappa shape index (κ3) is 2.98. The van der Waals surface area contributed by atoms with Crippen LogP contribution in [0.25, 0.3) is 0 Å². The van der Waals surface area contributed by atoms with Gasteiger partial charge in [-0.1, -0.05) is 12.8 Å². The molecule has 0 radical (unpaired) electrons. The molecular formula is C25H37NO4. The molecule has 5 nitrogen and oxygen atoms in total. The Kier molecular flexibility index (Phi) is 4.67. The van der Waals surface area contributed by atoms with Crippen molar-refractivity contribution in [1.29, 1.82) is 0 Å². The van der Waals surface area contributed by atoms with E-state index in [0.717, 1.165) is 50.5 Å². The van der Waals surface area contributed by atoms with Crippen molar-refractivity contribution in [2.45, 2.75) is 102 Å². The monoisotopic (exact) mass is 415 g/mol. The molecule has 1 aliphatic heterocycles. The number of likely N-dealkylation sites (tertiary alicyclic amines) is 1. The molecule has 0 aromatic heterocycles. The Morgan fingerprint density at radius 1 is 1.20 bits per heavy atom. The lowest BCUT2D eigenvalue weighted by Gasteiger charge is -2.52. The van der Waals surface area contributed by atoms with E-state index in [-0.39, 0.29) is 35.8 Å². The summed E-state index contributed by atoms with van der Waals surface area (Å²) in [5, 5.41) is 12.0. The minimum atomic E-state index is -0.934. The lowest BCUT2D eigenvalue weighted by Crippen LogP contribution is -2.61. The van der Waals surface area contributed by atoms with Crippen LogP contribution in [0, 0.1) is 29.6 Å². The SMILES string of the molecule is C[C@H]1CC[C@@H]2[C@@H](C[C@H]3C[C@]2(O)C2=CC(=O)[C@@H]4CCCC[C@H]4[C@@H]23)N1C(=O)OC(C)(C)C. The van der Waals surface area contributed by atoms with E-state index in [2.05, 4.69) is 6.92 Å². The summed E-state index contributed by atoms with van der Waals surface area (Å²) >= 11 is 0. The van der Waals surface area contributed by atoms with Crippen LogP contribution in [-0.4, -0.2) is 45.2 Å². The van der Waals surface area contributed by atoms with Crippen LogP contribution in [0.4, 0.5) is 4.79 Å². The maximum absolute atomic E-state index is 13.2. The van der Waals surface area contributed by atoms with E-state index in [0.29, 0.717) is 17.8 Å². The summed E-state index contributed by atoms with van der Waals surface area (Å²) in [4.78, 5) is 28.1. The Bertz CT molecular complexity index is 783. The third-order valence-electron chi connectivity index (χ3n) is 8.84. The van der Waals surface area contributed by atoms with Crippen LogP contribution in [0.15, 0.2) is 11.6 Å². The molecule has 0 aromatic rings. The van der Waals surface area contributed by atoms with E-state index in [1.54, 1.807) is 0 Å². The van der Waals surface area contributed by atoms with Crippen molar-refractivity contribution < 1.29 is 19.4 Å². The van der Waals surface area contributed by atoms with Crippen molar-refractivity contribution >= 4 is 11.9 Å². The molecule has 1 N–H and O–H groups in total.